The van der Waals surface area contributed by atoms with Crippen molar-refractivity contribution in [3.63, 3.8) is 0 Å². The number of hydrogen-bond acceptors (Lipinski definition) is 10. The monoisotopic (exact) mass is 670 g/mol. The Labute approximate surface area is 277 Å². The van der Waals surface area contributed by atoms with Crippen LogP contribution in [0.1, 0.15) is 66.9 Å². The fourth-order valence-corrected chi connectivity index (χ4v) is 5.52. The van der Waals surface area contributed by atoms with Gasteiger partial charge in [-0.2, -0.15) is 0 Å². The van der Waals surface area contributed by atoms with E-state index in [1.54, 1.807) is 55.6 Å². The lowest BCUT2D eigenvalue weighted by molar-refractivity contribution is -0.141. The molecular weight excluding hydrogens is 624 g/mol. The van der Waals surface area contributed by atoms with Crippen LogP contribution in [0.2, 0.25) is 0 Å². The smallest absolute Gasteiger partial charge is 0.350 e. The Kier molecular flexibility index (Phi) is 16.4. The van der Waals surface area contributed by atoms with Crippen LogP contribution in [0.3, 0.4) is 0 Å². The summed E-state index contributed by atoms with van der Waals surface area (Å²) in [6, 6.07) is 18.3. The average Bonchev–Trinajstić information content (AvgIpc) is 3.09. The first-order valence-corrected chi connectivity index (χ1v) is 17.2. The molecule has 3 aromatic rings. The van der Waals surface area contributed by atoms with Gasteiger partial charge in [0.25, 0.3) is 10.0 Å². The summed E-state index contributed by atoms with van der Waals surface area (Å²) < 4.78 is 36.1. The Morgan fingerprint density at radius 2 is 1.68 bits per heavy atom. The van der Waals surface area contributed by atoms with E-state index in [1.165, 1.54) is 18.2 Å². The molecule has 0 aliphatic carbocycles. The van der Waals surface area contributed by atoms with Crippen LogP contribution >= 0.6 is 0 Å². The highest BCUT2D eigenvalue weighted by Gasteiger charge is 2.16. The number of ether oxygens (including phenoxy) is 2. The molecule has 0 amide bonds. The highest BCUT2D eigenvalue weighted by molar-refractivity contribution is 7.89. The summed E-state index contributed by atoms with van der Waals surface area (Å²) in [6.45, 7) is 2.23. The number of aromatic hydroxyl groups is 1. The zero-order valence-corrected chi connectivity index (χ0v) is 27.6. The average molecular weight is 671 g/mol. The van der Waals surface area contributed by atoms with Crippen LogP contribution in [-0.2, 0) is 37.4 Å². The Morgan fingerprint density at radius 1 is 0.936 bits per heavy atom. The Hall–Kier alpha value is -3.78. The predicted molar refractivity (Wildman–Crippen MR) is 179 cm³/mol. The number of phenols is 1. The number of rotatable bonds is 22. The van der Waals surface area contributed by atoms with Crippen molar-refractivity contribution in [2.24, 2.45) is 0 Å². The van der Waals surface area contributed by atoms with E-state index >= 15 is 0 Å². The molecule has 0 aromatic heterocycles. The first kappa shape index (κ1) is 37.7. The molecule has 0 spiro atoms. The predicted octanol–water partition coefficient (Wildman–Crippen LogP) is 4.57. The zero-order valence-electron chi connectivity index (χ0n) is 26.8. The highest BCUT2D eigenvalue weighted by atomic mass is 32.2. The second-order valence-electron chi connectivity index (χ2n) is 11.0. The third kappa shape index (κ3) is 13.9. The lowest BCUT2D eigenvalue weighted by atomic mass is 10.1. The number of sulfonamides is 1. The van der Waals surface area contributed by atoms with Gasteiger partial charge in [0.15, 0.2) is 0 Å². The molecule has 0 bridgehead atoms. The van der Waals surface area contributed by atoms with Crippen LogP contribution in [0.5, 0.6) is 11.5 Å². The van der Waals surface area contributed by atoms with Crippen molar-refractivity contribution < 1.29 is 42.8 Å². The van der Waals surface area contributed by atoms with E-state index < -0.39 is 22.1 Å². The van der Waals surface area contributed by atoms with Gasteiger partial charge < -0.3 is 34.9 Å². The van der Waals surface area contributed by atoms with Gasteiger partial charge in [0.2, 0.25) is 0 Å². The lowest BCUT2D eigenvalue weighted by Gasteiger charge is -2.14. The molecule has 0 unspecified atom stereocenters. The van der Waals surface area contributed by atoms with Crippen LogP contribution in [-0.4, -0.2) is 63.1 Å². The molecular formula is C35H46N2O9S. The summed E-state index contributed by atoms with van der Waals surface area (Å²) in [4.78, 5) is 18.7. The molecule has 0 radical (unpaired) electrons. The fourth-order valence-electron chi connectivity index (χ4n) is 4.66. The summed E-state index contributed by atoms with van der Waals surface area (Å²) in [5, 5.41) is 32.4. The van der Waals surface area contributed by atoms with Gasteiger partial charge in [-0.25, -0.2) is 13.2 Å². The Morgan fingerprint density at radius 3 is 2.43 bits per heavy atom. The van der Waals surface area contributed by atoms with Crippen LogP contribution in [0.15, 0.2) is 77.7 Å². The molecule has 47 heavy (non-hydrogen) atoms. The largest absolute Gasteiger partial charge is 0.508 e. The number of carbonyl (C=O) groups is 1. The SMILES string of the molecule is COc1ccc(C=CC(=O)ONS(=O)(=O)c2cccc(CCCCOCCCCCCNC[C@H](O)c3ccc(O)c(CO)c3)c2)cc1. The van der Waals surface area contributed by atoms with Gasteiger partial charge in [-0.05, 0) is 103 Å². The van der Waals surface area contributed by atoms with Gasteiger partial charge in [0.05, 0.1) is 24.7 Å². The molecule has 0 aliphatic heterocycles. The lowest BCUT2D eigenvalue weighted by Crippen LogP contribution is -2.26. The number of aliphatic hydroxyl groups is 2. The van der Waals surface area contributed by atoms with Crippen LogP contribution in [0.4, 0.5) is 0 Å². The third-order valence-corrected chi connectivity index (χ3v) is 8.56. The highest BCUT2D eigenvalue weighted by Crippen LogP contribution is 2.22. The standard InChI is InChI=1S/C35H46N2O9S/c1-44-31-16-12-27(13-17-31)14-19-35(41)46-37-47(42,43)32-11-8-10-28(23-32)9-4-7-22-45-21-6-3-2-5-20-36-25-34(40)29-15-18-33(39)30(24-29)26-38/h8,10-19,23-24,34,36-40H,2-7,9,20-22,25-26H2,1H3/t34-/m0/s1. The number of benzene rings is 3. The van der Waals surface area contributed by atoms with E-state index in [9.17, 15) is 28.5 Å². The maximum atomic E-state index is 12.6. The van der Waals surface area contributed by atoms with Crippen molar-refractivity contribution in [3.05, 3.63) is 95.1 Å². The molecule has 0 saturated heterocycles. The van der Waals surface area contributed by atoms with Crippen LogP contribution in [0.25, 0.3) is 6.08 Å². The zero-order chi connectivity index (χ0) is 33.9. The van der Waals surface area contributed by atoms with Crippen molar-refractivity contribution in [2.45, 2.75) is 62.6 Å². The topological polar surface area (TPSA) is 164 Å². The maximum Gasteiger partial charge on any atom is 0.350 e. The fraction of sp³-hybridized carbons (Fsp3) is 0.400. The molecule has 0 aliphatic rings. The minimum Gasteiger partial charge on any atom is -0.508 e. The van der Waals surface area contributed by atoms with Crippen LogP contribution in [0, 0.1) is 0 Å². The minimum absolute atomic E-state index is 0.0125. The summed E-state index contributed by atoms with van der Waals surface area (Å²) in [5.74, 6) is -0.153. The summed E-state index contributed by atoms with van der Waals surface area (Å²) in [6.07, 6.45) is 8.35. The molecule has 11 nitrogen and oxygen atoms in total. The van der Waals surface area contributed by atoms with Gasteiger partial charge in [-0.1, -0.05) is 43.2 Å². The van der Waals surface area contributed by atoms with E-state index in [4.69, 9.17) is 14.3 Å². The molecule has 256 valence electrons. The van der Waals surface area contributed by atoms with Gasteiger partial charge in [0, 0.05) is 31.4 Å². The number of hydrogen-bond donors (Lipinski definition) is 5. The maximum absolute atomic E-state index is 12.6. The van der Waals surface area contributed by atoms with E-state index in [-0.39, 0.29) is 17.3 Å². The second-order valence-corrected chi connectivity index (χ2v) is 12.7. The number of nitrogens with one attached hydrogen (secondary N) is 2. The summed E-state index contributed by atoms with van der Waals surface area (Å²) in [7, 11) is -2.49. The quantitative estimate of drug-likeness (QED) is 0.0582. The van der Waals surface area contributed by atoms with Crippen molar-refractivity contribution in [3.8, 4) is 11.5 Å². The van der Waals surface area contributed by atoms with Crippen molar-refractivity contribution in [1.82, 2.24) is 10.2 Å². The first-order chi connectivity index (χ1) is 22.7. The molecule has 0 saturated carbocycles. The van der Waals surface area contributed by atoms with E-state index in [2.05, 4.69) is 5.32 Å². The normalized spacial score (nSPS) is 12.3. The van der Waals surface area contributed by atoms with E-state index in [0.717, 1.165) is 62.3 Å². The van der Waals surface area contributed by atoms with Gasteiger partial charge in [0.1, 0.15) is 11.5 Å². The van der Waals surface area contributed by atoms with E-state index in [1.807, 2.05) is 11.0 Å². The third-order valence-electron chi connectivity index (χ3n) is 7.38. The molecule has 1 atom stereocenters. The molecule has 12 heteroatoms. The summed E-state index contributed by atoms with van der Waals surface area (Å²) >= 11 is 0. The Bertz CT molecular complexity index is 1510. The number of aryl methyl sites for hydroxylation is 1. The summed E-state index contributed by atoms with van der Waals surface area (Å²) in [5.41, 5.74) is 2.64. The molecule has 5 N–H and O–H groups in total. The molecule has 3 aromatic carbocycles. The van der Waals surface area contributed by atoms with Gasteiger partial charge in [-0.3, -0.25) is 0 Å². The molecule has 0 heterocycles. The molecule has 0 fully saturated rings. The van der Waals surface area contributed by atoms with Gasteiger partial charge in [-0.15, -0.1) is 0 Å². The van der Waals surface area contributed by atoms with Crippen molar-refractivity contribution in [1.29, 1.82) is 0 Å². The number of carbonyl (C=O) groups excluding carboxylic acids is 1. The van der Waals surface area contributed by atoms with Crippen LogP contribution < -0.4 is 14.9 Å². The minimum atomic E-state index is -4.04. The second kappa shape index (κ2) is 20.5. The van der Waals surface area contributed by atoms with Crippen molar-refractivity contribution in [2.75, 3.05) is 33.4 Å². The first-order valence-electron chi connectivity index (χ1n) is 15.7. The Balaban J connectivity index is 1.22. The number of methoxy groups -OCH3 is 1. The number of aliphatic hydroxyl groups excluding tert-OH is 2. The van der Waals surface area contributed by atoms with Crippen molar-refractivity contribution >= 4 is 22.1 Å². The van der Waals surface area contributed by atoms with Gasteiger partial charge >= 0.3 is 5.97 Å². The number of unbranched alkanes of at least 4 members (excludes halogenated alkanes) is 4. The molecule has 3 rings (SSSR count). The van der Waals surface area contributed by atoms with E-state index in [0.29, 0.717) is 43.1 Å².